The number of hydrogen-bond acceptors (Lipinski definition) is 2. The second-order valence-corrected chi connectivity index (χ2v) is 6.65. The molecule has 0 fully saturated rings. The maximum absolute atomic E-state index is 11.7. The Balaban J connectivity index is 2.22. The number of fused-ring (bicyclic) bond motifs is 1. The zero-order chi connectivity index (χ0) is 16.4. The van der Waals surface area contributed by atoms with Crippen LogP contribution in [0.4, 0.5) is 0 Å². The number of hydrogen-bond donors (Lipinski definition) is 2. The first-order chi connectivity index (χ1) is 11.1. The Hall–Kier alpha value is -2.08. The molecule has 0 aromatic heterocycles. The van der Waals surface area contributed by atoms with Crippen LogP contribution in [0.15, 0.2) is 60.7 Å². The summed E-state index contributed by atoms with van der Waals surface area (Å²) in [5, 5.41) is 15.4. The smallest absolute Gasteiger partial charge is 0.217 e. The van der Waals surface area contributed by atoms with E-state index in [-0.39, 0.29) is 11.7 Å². The molecule has 0 aliphatic heterocycles. The van der Waals surface area contributed by atoms with Gasteiger partial charge in [-0.2, -0.15) is 0 Å². The van der Waals surface area contributed by atoms with Crippen molar-refractivity contribution < 1.29 is 9.90 Å². The second-order valence-electron chi connectivity index (χ2n) is 5.40. The van der Waals surface area contributed by atoms with E-state index in [0.29, 0.717) is 0 Å². The van der Waals surface area contributed by atoms with E-state index >= 15 is 0 Å². The van der Waals surface area contributed by atoms with Gasteiger partial charge in [0.1, 0.15) is 5.75 Å². The van der Waals surface area contributed by atoms with Gasteiger partial charge in [-0.25, -0.2) is 0 Å². The molecule has 3 rings (SSSR count). The van der Waals surface area contributed by atoms with Gasteiger partial charge in [0.05, 0.1) is 6.04 Å². The van der Waals surface area contributed by atoms with E-state index in [9.17, 15) is 9.90 Å². The van der Waals surface area contributed by atoms with E-state index in [2.05, 4.69) is 27.9 Å². The summed E-state index contributed by atoms with van der Waals surface area (Å²) in [6.07, 6.45) is 0. The SMILES string of the molecule is CC(=O)NC(c1ccc(I)cc1)c1c(O)ccc2ccccc12. The molecular weight excluding hydrogens is 401 g/mol. The van der Waals surface area contributed by atoms with Crippen molar-refractivity contribution in [3.8, 4) is 5.75 Å². The number of phenols is 1. The van der Waals surface area contributed by atoms with Gasteiger partial charge in [0, 0.05) is 16.1 Å². The quantitative estimate of drug-likeness (QED) is 0.622. The highest BCUT2D eigenvalue weighted by molar-refractivity contribution is 14.1. The van der Waals surface area contributed by atoms with Crippen LogP contribution < -0.4 is 5.32 Å². The van der Waals surface area contributed by atoms with Crippen LogP contribution in [0.2, 0.25) is 0 Å². The fourth-order valence-electron chi connectivity index (χ4n) is 2.77. The molecule has 116 valence electrons. The summed E-state index contributed by atoms with van der Waals surface area (Å²) in [6, 6.07) is 19.0. The standard InChI is InChI=1S/C19H16INO2/c1-12(22)21-19(14-6-9-15(20)10-7-14)18-16-5-3-2-4-13(16)8-11-17(18)23/h2-11,19,23H,1H3,(H,21,22). The zero-order valence-electron chi connectivity index (χ0n) is 12.6. The first-order valence-electron chi connectivity index (χ1n) is 7.29. The van der Waals surface area contributed by atoms with E-state index < -0.39 is 6.04 Å². The average molecular weight is 417 g/mol. The molecule has 1 unspecified atom stereocenters. The van der Waals surface area contributed by atoms with E-state index in [0.717, 1.165) is 25.5 Å². The highest BCUT2D eigenvalue weighted by atomic mass is 127. The van der Waals surface area contributed by atoms with Gasteiger partial charge in [-0.3, -0.25) is 4.79 Å². The normalized spacial score (nSPS) is 12.1. The Morgan fingerprint density at radius 3 is 2.43 bits per heavy atom. The fraction of sp³-hybridized carbons (Fsp3) is 0.105. The van der Waals surface area contributed by atoms with Gasteiger partial charge in [0.2, 0.25) is 5.91 Å². The van der Waals surface area contributed by atoms with Gasteiger partial charge in [-0.15, -0.1) is 0 Å². The lowest BCUT2D eigenvalue weighted by molar-refractivity contribution is -0.119. The van der Waals surface area contributed by atoms with Crippen molar-refractivity contribution in [1.29, 1.82) is 0 Å². The third-order valence-electron chi connectivity index (χ3n) is 3.79. The lowest BCUT2D eigenvalue weighted by Gasteiger charge is -2.22. The molecule has 0 aliphatic carbocycles. The Kier molecular flexibility index (Phi) is 4.52. The summed E-state index contributed by atoms with van der Waals surface area (Å²) < 4.78 is 1.12. The predicted molar refractivity (Wildman–Crippen MR) is 100 cm³/mol. The molecule has 0 aliphatic rings. The molecule has 1 amide bonds. The molecule has 3 aromatic rings. The molecule has 0 spiro atoms. The minimum atomic E-state index is -0.393. The summed E-state index contributed by atoms with van der Waals surface area (Å²) in [7, 11) is 0. The average Bonchev–Trinajstić information content (AvgIpc) is 2.54. The molecule has 3 nitrogen and oxygen atoms in total. The zero-order valence-corrected chi connectivity index (χ0v) is 14.7. The number of amides is 1. The summed E-state index contributed by atoms with van der Waals surface area (Å²) in [5.74, 6) is 0.0434. The summed E-state index contributed by atoms with van der Waals surface area (Å²) >= 11 is 2.24. The van der Waals surface area contributed by atoms with Crippen molar-refractivity contribution in [2.24, 2.45) is 0 Å². The van der Waals surface area contributed by atoms with Gasteiger partial charge in [-0.1, -0.05) is 42.5 Å². The topological polar surface area (TPSA) is 49.3 Å². The third-order valence-corrected chi connectivity index (χ3v) is 4.51. The van der Waals surface area contributed by atoms with Crippen LogP contribution in [0.5, 0.6) is 5.75 Å². The van der Waals surface area contributed by atoms with Crippen LogP contribution >= 0.6 is 22.6 Å². The molecule has 0 bridgehead atoms. The van der Waals surface area contributed by atoms with Gasteiger partial charge < -0.3 is 10.4 Å². The van der Waals surface area contributed by atoms with Gasteiger partial charge in [0.15, 0.2) is 0 Å². The molecule has 0 radical (unpaired) electrons. The summed E-state index contributed by atoms with van der Waals surface area (Å²) in [4.78, 5) is 11.7. The maximum atomic E-state index is 11.7. The first kappa shape index (κ1) is 15.8. The van der Waals surface area contributed by atoms with E-state index in [1.165, 1.54) is 6.92 Å². The molecule has 0 heterocycles. The number of phenolic OH excluding ortho intramolecular Hbond substituents is 1. The largest absolute Gasteiger partial charge is 0.508 e. The molecule has 4 heteroatoms. The van der Waals surface area contributed by atoms with Crippen molar-refractivity contribution in [3.63, 3.8) is 0 Å². The van der Waals surface area contributed by atoms with Gasteiger partial charge >= 0.3 is 0 Å². The lowest BCUT2D eigenvalue weighted by Crippen LogP contribution is -2.27. The number of aromatic hydroxyl groups is 1. The molecule has 3 aromatic carbocycles. The number of nitrogens with one attached hydrogen (secondary N) is 1. The minimum absolute atomic E-state index is 0.138. The van der Waals surface area contributed by atoms with Crippen LogP contribution in [-0.2, 0) is 4.79 Å². The summed E-state index contributed by atoms with van der Waals surface area (Å²) in [6.45, 7) is 1.49. The van der Waals surface area contributed by atoms with Crippen molar-refractivity contribution in [3.05, 3.63) is 75.4 Å². The molecule has 23 heavy (non-hydrogen) atoms. The minimum Gasteiger partial charge on any atom is -0.508 e. The molecular formula is C19H16INO2. The molecule has 1 atom stereocenters. The Morgan fingerprint density at radius 2 is 1.74 bits per heavy atom. The lowest BCUT2D eigenvalue weighted by atomic mass is 9.92. The van der Waals surface area contributed by atoms with Crippen LogP contribution in [0, 0.1) is 3.57 Å². The fourth-order valence-corrected chi connectivity index (χ4v) is 3.13. The predicted octanol–water partition coefficient (Wildman–Crippen LogP) is 4.38. The monoisotopic (exact) mass is 417 g/mol. The molecule has 0 saturated carbocycles. The van der Waals surface area contributed by atoms with Gasteiger partial charge in [0.25, 0.3) is 0 Å². The number of rotatable bonds is 3. The Bertz CT molecular complexity index is 859. The van der Waals surface area contributed by atoms with Crippen LogP contribution in [0.1, 0.15) is 24.1 Å². The van der Waals surface area contributed by atoms with Crippen LogP contribution in [-0.4, -0.2) is 11.0 Å². The van der Waals surface area contributed by atoms with Gasteiger partial charge in [-0.05, 0) is 57.1 Å². The van der Waals surface area contributed by atoms with Crippen LogP contribution in [0.25, 0.3) is 10.8 Å². The van der Waals surface area contributed by atoms with Crippen molar-refractivity contribution in [1.82, 2.24) is 5.32 Å². The highest BCUT2D eigenvalue weighted by Crippen LogP contribution is 2.35. The van der Waals surface area contributed by atoms with E-state index in [1.54, 1.807) is 6.07 Å². The number of carbonyl (C=O) groups excluding carboxylic acids is 1. The summed E-state index contributed by atoms with van der Waals surface area (Å²) in [5.41, 5.74) is 1.66. The molecule has 0 saturated heterocycles. The Morgan fingerprint density at radius 1 is 1.04 bits per heavy atom. The Labute approximate surface area is 148 Å². The first-order valence-corrected chi connectivity index (χ1v) is 8.37. The highest BCUT2D eigenvalue weighted by Gasteiger charge is 2.21. The third kappa shape index (κ3) is 3.32. The molecule has 2 N–H and O–H groups in total. The number of carbonyl (C=O) groups is 1. The second kappa shape index (κ2) is 6.58. The van der Waals surface area contributed by atoms with Crippen molar-refractivity contribution in [2.45, 2.75) is 13.0 Å². The van der Waals surface area contributed by atoms with Crippen molar-refractivity contribution >= 4 is 39.3 Å². The van der Waals surface area contributed by atoms with E-state index in [1.807, 2.05) is 54.6 Å². The number of benzene rings is 3. The van der Waals surface area contributed by atoms with Crippen molar-refractivity contribution in [2.75, 3.05) is 0 Å². The maximum Gasteiger partial charge on any atom is 0.217 e. The van der Waals surface area contributed by atoms with Crippen LogP contribution in [0.3, 0.4) is 0 Å². The number of halogens is 1. The van der Waals surface area contributed by atoms with E-state index in [4.69, 9.17) is 0 Å².